The fraction of sp³-hybridized carbons (Fsp3) is 0.333. The van der Waals surface area contributed by atoms with E-state index in [1.807, 2.05) is 6.92 Å². The number of urea groups is 1. The maximum atomic E-state index is 11.6. The molecule has 0 spiro atoms. The van der Waals surface area contributed by atoms with Gasteiger partial charge in [-0.25, -0.2) is 9.59 Å². The Morgan fingerprint density at radius 3 is 2.63 bits per heavy atom. The molecule has 0 heterocycles. The average molecular weight is 287 g/mol. The fourth-order valence-corrected chi connectivity index (χ4v) is 1.56. The molecule has 0 saturated carbocycles. The number of hydrogen-bond donors (Lipinski definition) is 4. The molecule has 0 aliphatic rings. The molecule has 4 N–H and O–H groups in total. The zero-order chi connectivity index (χ0) is 14.4. The van der Waals surface area contributed by atoms with E-state index in [9.17, 15) is 9.59 Å². The van der Waals surface area contributed by atoms with Gasteiger partial charge in [0, 0.05) is 23.7 Å². The van der Waals surface area contributed by atoms with Gasteiger partial charge in [0.15, 0.2) is 0 Å². The predicted molar refractivity (Wildman–Crippen MR) is 71.5 cm³/mol. The smallest absolute Gasteiger partial charge is 0.326 e. The first kappa shape index (κ1) is 15.3. The molecule has 6 nitrogen and oxygen atoms in total. The molecular weight excluding hydrogens is 272 g/mol. The molecule has 0 radical (unpaired) electrons. The van der Waals surface area contributed by atoms with Gasteiger partial charge in [-0.3, -0.25) is 0 Å². The summed E-state index contributed by atoms with van der Waals surface area (Å²) < 4.78 is 0. The summed E-state index contributed by atoms with van der Waals surface area (Å²) in [5, 5.41) is 22.8. The summed E-state index contributed by atoms with van der Waals surface area (Å²) in [4.78, 5) is 22.4. The molecule has 0 fully saturated rings. The third kappa shape index (κ3) is 4.76. The van der Waals surface area contributed by atoms with Crippen LogP contribution >= 0.6 is 11.6 Å². The van der Waals surface area contributed by atoms with E-state index in [1.54, 1.807) is 18.2 Å². The quantitative estimate of drug-likeness (QED) is 0.661. The number of carbonyl (C=O) groups excluding carboxylic acids is 1. The minimum absolute atomic E-state index is 0.0581. The van der Waals surface area contributed by atoms with E-state index in [1.165, 1.54) is 0 Å². The number of carboxylic acid groups (broad SMARTS) is 1. The van der Waals surface area contributed by atoms with Gasteiger partial charge in [-0.2, -0.15) is 0 Å². The first-order valence-corrected chi connectivity index (χ1v) is 5.99. The number of carboxylic acids is 1. The van der Waals surface area contributed by atoms with Crippen LogP contribution in [0.15, 0.2) is 18.2 Å². The summed E-state index contributed by atoms with van der Waals surface area (Å²) in [7, 11) is 0. The topological polar surface area (TPSA) is 98.7 Å². The van der Waals surface area contributed by atoms with Crippen LogP contribution in [0, 0.1) is 6.92 Å². The van der Waals surface area contributed by atoms with Crippen LogP contribution < -0.4 is 10.6 Å². The first-order chi connectivity index (χ1) is 8.93. The van der Waals surface area contributed by atoms with Crippen molar-refractivity contribution in [3.05, 3.63) is 28.8 Å². The van der Waals surface area contributed by atoms with Gasteiger partial charge in [0.1, 0.15) is 6.04 Å². The van der Waals surface area contributed by atoms with Crippen LogP contribution in [0.4, 0.5) is 10.5 Å². The van der Waals surface area contributed by atoms with Crippen LogP contribution in [0.1, 0.15) is 12.0 Å². The molecule has 0 unspecified atom stereocenters. The fourth-order valence-electron chi connectivity index (χ4n) is 1.38. The van der Waals surface area contributed by atoms with E-state index in [4.69, 9.17) is 21.8 Å². The summed E-state index contributed by atoms with van der Waals surface area (Å²) in [6, 6.07) is 3.16. The molecule has 0 bridgehead atoms. The molecule has 0 aliphatic carbocycles. The van der Waals surface area contributed by atoms with E-state index in [0.717, 1.165) is 5.56 Å². The van der Waals surface area contributed by atoms with Crippen LogP contribution in [0.2, 0.25) is 5.02 Å². The minimum atomic E-state index is -1.20. The normalized spacial score (nSPS) is 11.7. The third-order valence-corrected chi connectivity index (χ3v) is 2.86. The van der Waals surface area contributed by atoms with Gasteiger partial charge in [0.2, 0.25) is 0 Å². The van der Waals surface area contributed by atoms with Gasteiger partial charge in [0.25, 0.3) is 0 Å². The van der Waals surface area contributed by atoms with Gasteiger partial charge in [0.05, 0.1) is 0 Å². The van der Waals surface area contributed by atoms with Crippen molar-refractivity contribution < 1.29 is 19.8 Å². The standard InChI is InChI=1S/C12H15ClN2O4/c1-7-2-3-8(6-9(7)13)14-12(19)15-10(4-5-16)11(17)18/h2-3,6,10,16H,4-5H2,1H3,(H,17,18)(H2,14,15,19)/t10-/m0/s1. The second-order valence-electron chi connectivity index (χ2n) is 3.97. The van der Waals surface area contributed by atoms with Crippen molar-refractivity contribution >= 4 is 29.3 Å². The summed E-state index contributed by atoms with van der Waals surface area (Å²) in [5.74, 6) is -1.20. The molecule has 0 aliphatic heterocycles. The minimum Gasteiger partial charge on any atom is -0.480 e. The first-order valence-electron chi connectivity index (χ1n) is 5.61. The maximum absolute atomic E-state index is 11.6. The van der Waals surface area contributed by atoms with E-state index in [0.29, 0.717) is 10.7 Å². The second kappa shape index (κ2) is 6.96. The number of aryl methyl sites for hydroxylation is 1. The van der Waals surface area contributed by atoms with Crippen molar-refractivity contribution in [3.8, 4) is 0 Å². The Hall–Kier alpha value is -1.79. The summed E-state index contributed by atoms with van der Waals surface area (Å²) in [6.07, 6.45) is -0.0581. The number of nitrogens with one attached hydrogen (secondary N) is 2. The summed E-state index contributed by atoms with van der Waals surface area (Å²) >= 11 is 5.90. The van der Waals surface area contributed by atoms with Crippen molar-refractivity contribution in [3.63, 3.8) is 0 Å². The number of benzene rings is 1. The summed E-state index contributed by atoms with van der Waals surface area (Å²) in [6.45, 7) is 1.50. The second-order valence-corrected chi connectivity index (χ2v) is 4.37. The molecule has 0 saturated heterocycles. The lowest BCUT2D eigenvalue weighted by atomic mass is 10.2. The Kier molecular flexibility index (Phi) is 5.59. The number of carbonyl (C=O) groups is 2. The van der Waals surface area contributed by atoms with Gasteiger partial charge >= 0.3 is 12.0 Å². The Bertz CT molecular complexity index is 479. The molecule has 7 heteroatoms. The van der Waals surface area contributed by atoms with Crippen LogP contribution in [-0.2, 0) is 4.79 Å². The van der Waals surface area contributed by atoms with Crippen LogP contribution in [-0.4, -0.2) is 34.9 Å². The van der Waals surface area contributed by atoms with Crippen LogP contribution in [0.25, 0.3) is 0 Å². The highest BCUT2D eigenvalue weighted by Gasteiger charge is 2.19. The number of aliphatic hydroxyl groups is 1. The Labute approximate surface area is 115 Å². The van der Waals surface area contributed by atoms with Gasteiger partial charge in [-0.05, 0) is 24.6 Å². The Morgan fingerprint density at radius 2 is 2.11 bits per heavy atom. The van der Waals surface area contributed by atoms with E-state index in [2.05, 4.69) is 10.6 Å². The average Bonchev–Trinajstić information content (AvgIpc) is 2.33. The molecular formula is C12H15ClN2O4. The predicted octanol–water partition coefficient (Wildman–Crippen LogP) is 1.61. The Balaban J connectivity index is 2.63. The number of halogens is 1. The lowest BCUT2D eigenvalue weighted by molar-refractivity contribution is -0.139. The molecule has 19 heavy (non-hydrogen) atoms. The van der Waals surface area contributed by atoms with Crippen LogP contribution in [0.3, 0.4) is 0 Å². The molecule has 0 aromatic heterocycles. The molecule has 1 aromatic carbocycles. The highest BCUT2D eigenvalue weighted by molar-refractivity contribution is 6.31. The number of rotatable bonds is 5. The van der Waals surface area contributed by atoms with Crippen molar-refractivity contribution in [2.24, 2.45) is 0 Å². The van der Waals surface area contributed by atoms with Crippen molar-refractivity contribution in [1.29, 1.82) is 0 Å². The van der Waals surface area contributed by atoms with Gasteiger partial charge < -0.3 is 20.8 Å². The Morgan fingerprint density at radius 1 is 1.42 bits per heavy atom. The van der Waals surface area contributed by atoms with Crippen molar-refractivity contribution in [1.82, 2.24) is 5.32 Å². The van der Waals surface area contributed by atoms with Gasteiger partial charge in [-0.15, -0.1) is 0 Å². The molecule has 1 rings (SSSR count). The molecule has 104 valence electrons. The molecule has 1 aromatic rings. The van der Waals surface area contributed by atoms with Crippen molar-refractivity contribution in [2.75, 3.05) is 11.9 Å². The van der Waals surface area contributed by atoms with Crippen LogP contribution in [0.5, 0.6) is 0 Å². The summed E-state index contributed by atoms with van der Waals surface area (Å²) in [5.41, 5.74) is 1.33. The largest absolute Gasteiger partial charge is 0.480 e. The highest BCUT2D eigenvalue weighted by Crippen LogP contribution is 2.19. The number of amides is 2. The maximum Gasteiger partial charge on any atom is 0.326 e. The highest BCUT2D eigenvalue weighted by atomic mass is 35.5. The SMILES string of the molecule is Cc1ccc(NC(=O)N[C@@H](CCO)C(=O)O)cc1Cl. The van der Waals surface area contributed by atoms with Crippen molar-refractivity contribution in [2.45, 2.75) is 19.4 Å². The van der Waals surface area contributed by atoms with E-state index in [-0.39, 0.29) is 13.0 Å². The monoisotopic (exact) mass is 286 g/mol. The lowest BCUT2D eigenvalue weighted by Gasteiger charge is -2.14. The lowest BCUT2D eigenvalue weighted by Crippen LogP contribution is -2.43. The number of aliphatic hydroxyl groups excluding tert-OH is 1. The number of hydrogen-bond acceptors (Lipinski definition) is 3. The number of anilines is 1. The molecule has 2 amide bonds. The molecule has 1 atom stereocenters. The van der Waals surface area contributed by atoms with E-state index >= 15 is 0 Å². The zero-order valence-electron chi connectivity index (χ0n) is 10.3. The third-order valence-electron chi connectivity index (χ3n) is 2.45. The number of aliphatic carboxylic acids is 1. The van der Waals surface area contributed by atoms with E-state index < -0.39 is 18.0 Å². The zero-order valence-corrected chi connectivity index (χ0v) is 11.1. The van der Waals surface area contributed by atoms with Gasteiger partial charge in [-0.1, -0.05) is 17.7 Å².